The standard InChI is InChI=1S/C18H25N5O2S/c1-11(15(24)20-16(25)19-5)26-17-22-21-14(23(17)6)12-7-9-13(10-8-12)18(2,3)4/h7-11H,1-6H3,(H2,19,20,24,25)/t11-/m0/s1. The monoisotopic (exact) mass is 375 g/mol. The Balaban J connectivity index is 2.14. The molecule has 26 heavy (non-hydrogen) atoms. The molecular weight excluding hydrogens is 350 g/mol. The second-order valence-corrected chi connectivity index (χ2v) is 8.33. The molecule has 0 fully saturated rings. The first-order valence-corrected chi connectivity index (χ1v) is 9.21. The number of imide groups is 1. The average Bonchev–Trinajstić information content (AvgIpc) is 2.94. The molecule has 3 amide bonds. The van der Waals surface area contributed by atoms with Gasteiger partial charge in [-0.25, -0.2) is 4.79 Å². The SMILES string of the molecule is CNC(=O)NC(=O)[C@H](C)Sc1nnc(-c2ccc(C(C)(C)C)cc2)n1C. The fourth-order valence-electron chi connectivity index (χ4n) is 2.28. The van der Waals surface area contributed by atoms with Crippen molar-refractivity contribution in [2.75, 3.05) is 7.05 Å². The van der Waals surface area contributed by atoms with Gasteiger partial charge in [0.05, 0.1) is 5.25 Å². The Morgan fingerprint density at radius 3 is 2.31 bits per heavy atom. The zero-order valence-corrected chi connectivity index (χ0v) is 16.8. The van der Waals surface area contributed by atoms with Gasteiger partial charge in [-0.1, -0.05) is 56.8 Å². The van der Waals surface area contributed by atoms with Gasteiger partial charge in [-0.2, -0.15) is 0 Å². The van der Waals surface area contributed by atoms with Gasteiger partial charge in [0.25, 0.3) is 0 Å². The van der Waals surface area contributed by atoms with Gasteiger partial charge in [-0.05, 0) is 17.9 Å². The largest absolute Gasteiger partial charge is 0.341 e. The highest BCUT2D eigenvalue weighted by atomic mass is 32.2. The van der Waals surface area contributed by atoms with Crippen LogP contribution in [0.25, 0.3) is 11.4 Å². The number of carbonyl (C=O) groups excluding carboxylic acids is 2. The van der Waals surface area contributed by atoms with Crippen molar-refractivity contribution in [1.29, 1.82) is 0 Å². The maximum atomic E-state index is 12.0. The van der Waals surface area contributed by atoms with E-state index in [1.165, 1.54) is 24.4 Å². The summed E-state index contributed by atoms with van der Waals surface area (Å²) in [6.45, 7) is 8.23. The molecule has 140 valence electrons. The summed E-state index contributed by atoms with van der Waals surface area (Å²) in [7, 11) is 3.32. The third kappa shape index (κ3) is 4.63. The summed E-state index contributed by atoms with van der Waals surface area (Å²) in [4.78, 5) is 23.2. The summed E-state index contributed by atoms with van der Waals surface area (Å²) in [6.07, 6.45) is 0. The van der Waals surface area contributed by atoms with Gasteiger partial charge in [-0.15, -0.1) is 10.2 Å². The molecule has 0 saturated heterocycles. The van der Waals surface area contributed by atoms with Crippen LogP contribution in [0.5, 0.6) is 0 Å². The molecule has 2 N–H and O–H groups in total. The molecular formula is C18H25N5O2S. The van der Waals surface area contributed by atoms with E-state index in [0.717, 1.165) is 11.4 Å². The number of benzene rings is 1. The Hall–Kier alpha value is -2.35. The zero-order chi connectivity index (χ0) is 19.5. The summed E-state index contributed by atoms with van der Waals surface area (Å²) in [5.41, 5.74) is 2.30. The molecule has 1 aromatic heterocycles. The van der Waals surface area contributed by atoms with Gasteiger partial charge in [0.1, 0.15) is 0 Å². The molecule has 0 aliphatic rings. The smallest absolute Gasteiger partial charge is 0.321 e. The summed E-state index contributed by atoms with van der Waals surface area (Å²) in [5.74, 6) is 0.347. The molecule has 0 unspecified atom stereocenters. The van der Waals surface area contributed by atoms with Crippen LogP contribution in [0.2, 0.25) is 0 Å². The highest BCUT2D eigenvalue weighted by Crippen LogP contribution is 2.28. The van der Waals surface area contributed by atoms with E-state index in [-0.39, 0.29) is 11.3 Å². The van der Waals surface area contributed by atoms with E-state index in [1.807, 2.05) is 23.7 Å². The second kappa shape index (κ2) is 7.90. The first-order chi connectivity index (χ1) is 12.1. The van der Waals surface area contributed by atoms with E-state index in [9.17, 15) is 9.59 Å². The number of amides is 3. The quantitative estimate of drug-likeness (QED) is 0.802. The highest BCUT2D eigenvalue weighted by molar-refractivity contribution is 8.00. The molecule has 2 rings (SSSR count). The van der Waals surface area contributed by atoms with Gasteiger partial charge < -0.3 is 9.88 Å². The third-order valence-corrected chi connectivity index (χ3v) is 5.09. The fraction of sp³-hybridized carbons (Fsp3) is 0.444. The van der Waals surface area contributed by atoms with Gasteiger partial charge in [0.2, 0.25) is 5.91 Å². The van der Waals surface area contributed by atoms with Crippen molar-refractivity contribution in [3.8, 4) is 11.4 Å². The number of hydrogen-bond acceptors (Lipinski definition) is 5. The van der Waals surface area contributed by atoms with Crippen LogP contribution in [0.15, 0.2) is 29.4 Å². The first-order valence-electron chi connectivity index (χ1n) is 8.33. The first kappa shape index (κ1) is 20.0. The number of aromatic nitrogens is 3. The van der Waals surface area contributed by atoms with E-state index in [4.69, 9.17) is 0 Å². The summed E-state index contributed by atoms with van der Waals surface area (Å²) in [5, 5.41) is 13.2. The van der Waals surface area contributed by atoms with Crippen LogP contribution < -0.4 is 10.6 Å². The van der Waals surface area contributed by atoms with Crippen LogP contribution in [0.3, 0.4) is 0 Å². The molecule has 0 saturated carbocycles. The molecule has 1 aromatic carbocycles. The fourth-order valence-corrected chi connectivity index (χ4v) is 3.09. The molecule has 0 aliphatic carbocycles. The number of carbonyl (C=O) groups is 2. The molecule has 1 atom stereocenters. The van der Waals surface area contributed by atoms with E-state index in [2.05, 4.69) is 53.7 Å². The van der Waals surface area contributed by atoms with Crippen molar-refractivity contribution < 1.29 is 9.59 Å². The predicted molar refractivity (Wildman–Crippen MR) is 103 cm³/mol. The Morgan fingerprint density at radius 2 is 1.77 bits per heavy atom. The van der Waals surface area contributed by atoms with Crippen molar-refractivity contribution >= 4 is 23.7 Å². The van der Waals surface area contributed by atoms with Crippen LogP contribution in [0.1, 0.15) is 33.3 Å². The molecule has 1 heterocycles. The number of nitrogens with zero attached hydrogens (tertiary/aromatic N) is 3. The van der Waals surface area contributed by atoms with Crippen molar-refractivity contribution in [2.24, 2.45) is 7.05 Å². The van der Waals surface area contributed by atoms with Gasteiger partial charge in [0, 0.05) is 19.7 Å². The molecule has 0 radical (unpaired) electrons. The Labute approximate surface area is 158 Å². The minimum absolute atomic E-state index is 0.0903. The normalized spacial score (nSPS) is 12.5. The third-order valence-electron chi connectivity index (χ3n) is 3.96. The molecule has 0 bridgehead atoms. The minimum atomic E-state index is -0.528. The lowest BCUT2D eigenvalue weighted by Crippen LogP contribution is -2.41. The molecule has 0 spiro atoms. The Kier molecular flexibility index (Phi) is 6.07. The predicted octanol–water partition coefficient (Wildman–Crippen LogP) is 2.72. The Morgan fingerprint density at radius 1 is 1.15 bits per heavy atom. The number of urea groups is 1. The van der Waals surface area contributed by atoms with Gasteiger partial charge >= 0.3 is 6.03 Å². The lowest BCUT2D eigenvalue weighted by molar-refractivity contribution is -0.119. The topological polar surface area (TPSA) is 88.9 Å². The van der Waals surface area contributed by atoms with Crippen molar-refractivity contribution in [1.82, 2.24) is 25.4 Å². The number of hydrogen-bond donors (Lipinski definition) is 2. The summed E-state index contributed by atoms with van der Waals surface area (Å²) >= 11 is 1.25. The number of rotatable bonds is 4. The Bertz CT molecular complexity index is 793. The molecule has 8 heteroatoms. The lowest BCUT2D eigenvalue weighted by atomic mass is 9.87. The minimum Gasteiger partial charge on any atom is -0.341 e. The van der Waals surface area contributed by atoms with Crippen LogP contribution in [0.4, 0.5) is 4.79 Å². The summed E-state index contributed by atoms with van der Waals surface area (Å²) in [6, 6.07) is 7.72. The summed E-state index contributed by atoms with van der Waals surface area (Å²) < 4.78 is 1.85. The van der Waals surface area contributed by atoms with Crippen LogP contribution in [-0.4, -0.2) is 39.0 Å². The van der Waals surface area contributed by atoms with Crippen molar-refractivity contribution in [2.45, 2.75) is 43.5 Å². The van der Waals surface area contributed by atoms with E-state index in [1.54, 1.807) is 6.92 Å². The van der Waals surface area contributed by atoms with Crippen LogP contribution in [-0.2, 0) is 17.3 Å². The molecule has 0 aliphatic heterocycles. The average molecular weight is 375 g/mol. The molecule has 7 nitrogen and oxygen atoms in total. The van der Waals surface area contributed by atoms with E-state index in [0.29, 0.717) is 5.16 Å². The van der Waals surface area contributed by atoms with Crippen LogP contribution >= 0.6 is 11.8 Å². The maximum absolute atomic E-state index is 12.0. The zero-order valence-electron chi connectivity index (χ0n) is 16.0. The number of thioether (sulfide) groups is 1. The second-order valence-electron chi connectivity index (χ2n) is 7.02. The van der Waals surface area contributed by atoms with Crippen LogP contribution in [0, 0.1) is 0 Å². The van der Waals surface area contributed by atoms with Gasteiger partial charge in [0.15, 0.2) is 11.0 Å². The van der Waals surface area contributed by atoms with Crippen molar-refractivity contribution in [3.63, 3.8) is 0 Å². The number of nitrogens with one attached hydrogen (secondary N) is 2. The van der Waals surface area contributed by atoms with Crippen molar-refractivity contribution in [3.05, 3.63) is 29.8 Å². The van der Waals surface area contributed by atoms with E-state index < -0.39 is 11.3 Å². The highest BCUT2D eigenvalue weighted by Gasteiger charge is 2.21. The lowest BCUT2D eigenvalue weighted by Gasteiger charge is -2.19. The molecule has 2 aromatic rings. The van der Waals surface area contributed by atoms with E-state index >= 15 is 0 Å². The maximum Gasteiger partial charge on any atom is 0.321 e. The van der Waals surface area contributed by atoms with Gasteiger partial charge in [-0.3, -0.25) is 10.1 Å².